The molecule has 1 aromatic heterocycles. The molecule has 84 valence electrons. The van der Waals surface area contributed by atoms with Crippen LogP contribution in [0.25, 0.3) is 10.1 Å². The van der Waals surface area contributed by atoms with Crippen molar-refractivity contribution in [3.05, 3.63) is 35.2 Å². The minimum Gasteiger partial charge on any atom is -0.480 e. The van der Waals surface area contributed by atoms with E-state index in [2.05, 4.69) is 0 Å². The first kappa shape index (κ1) is 11.1. The Bertz CT molecular complexity index is 520. The second-order valence-corrected chi connectivity index (χ2v) is 4.75. The lowest BCUT2D eigenvalue weighted by Crippen LogP contribution is -2.35. The molecule has 0 spiro atoms. The van der Waals surface area contributed by atoms with Crippen LogP contribution in [-0.4, -0.2) is 17.1 Å². The van der Waals surface area contributed by atoms with Crippen molar-refractivity contribution in [3.8, 4) is 0 Å². The van der Waals surface area contributed by atoms with Crippen LogP contribution in [0.5, 0.6) is 0 Å². The molecular formula is C12H13NO2S. The number of rotatable bonds is 3. The van der Waals surface area contributed by atoms with Crippen molar-refractivity contribution in [1.29, 1.82) is 0 Å². The monoisotopic (exact) mass is 235 g/mol. The lowest BCUT2D eigenvalue weighted by molar-refractivity contribution is -0.138. The largest absolute Gasteiger partial charge is 0.480 e. The van der Waals surface area contributed by atoms with E-state index in [0.717, 1.165) is 10.9 Å². The summed E-state index contributed by atoms with van der Waals surface area (Å²) in [5, 5.41) is 12.0. The van der Waals surface area contributed by atoms with Gasteiger partial charge in [-0.3, -0.25) is 4.79 Å². The highest BCUT2D eigenvalue weighted by atomic mass is 32.1. The predicted octanol–water partition coefficient (Wildman–Crippen LogP) is 2.42. The van der Waals surface area contributed by atoms with Crippen LogP contribution in [0.4, 0.5) is 0 Å². The van der Waals surface area contributed by atoms with Gasteiger partial charge in [-0.05, 0) is 22.4 Å². The van der Waals surface area contributed by atoms with Gasteiger partial charge >= 0.3 is 5.97 Å². The number of nitrogens with two attached hydrogens (primary N) is 1. The Morgan fingerprint density at radius 2 is 2.12 bits per heavy atom. The van der Waals surface area contributed by atoms with Gasteiger partial charge in [-0.2, -0.15) is 0 Å². The Hall–Kier alpha value is -1.39. The van der Waals surface area contributed by atoms with E-state index >= 15 is 0 Å². The van der Waals surface area contributed by atoms with Gasteiger partial charge in [0, 0.05) is 10.6 Å². The summed E-state index contributed by atoms with van der Waals surface area (Å²) >= 11 is 1.62. The molecular weight excluding hydrogens is 222 g/mol. The molecule has 0 bridgehead atoms. The Kier molecular flexibility index (Phi) is 2.94. The molecule has 0 unspecified atom stereocenters. The van der Waals surface area contributed by atoms with Crippen molar-refractivity contribution in [3.63, 3.8) is 0 Å². The molecule has 2 atom stereocenters. The van der Waals surface area contributed by atoms with E-state index in [9.17, 15) is 4.79 Å². The number of aliphatic carboxylic acids is 1. The summed E-state index contributed by atoms with van der Waals surface area (Å²) in [6.07, 6.45) is 0. The van der Waals surface area contributed by atoms with Crippen LogP contribution in [0.1, 0.15) is 18.4 Å². The third kappa shape index (κ3) is 1.81. The number of carboxylic acid groups (broad SMARTS) is 1. The topological polar surface area (TPSA) is 63.3 Å². The van der Waals surface area contributed by atoms with E-state index in [4.69, 9.17) is 10.8 Å². The van der Waals surface area contributed by atoms with Gasteiger partial charge < -0.3 is 10.8 Å². The first-order chi connectivity index (χ1) is 7.61. The van der Waals surface area contributed by atoms with Gasteiger partial charge in [0.2, 0.25) is 0 Å². The molecule has 1 aromatic carbocycles. The molecule has 1 heterocycles. The molecule has 0 saturated carbocycles. The lowest BCUT2D eigenvalue weighted by atomic mass is 9.94. The van der Waals surface area contributed by atoms with E-state index < -0.39 is 12.0 Å². The third-order valence-corrected chi connectivity index (χ3v) is 3.81. The van der Waals surface area contributed by atoms with Crippen LogP contribution in [-0.2, 0) is 4.79 Å². The Labute approximate surface area is 97.5 Å². The summed E-state index contributed by atoms with van der Waals surface area (Å²) in [5.41, 5.74) is 6.67. The average molecular weight is 235 g/mol. The van der Waals surface area contributed by atoms with Crippen molar-refractivity contribution < 1.29 is 9.90 Å². The Morgan fingerprint density at radius 3 is 2.81 bits per heavy atom. The maximum Gasteiger partial charge on any atom is 0.321 e. The molecule has 0 aliphatic carbocycles. The standard InChI is InChI=1S/C12H13NO2S/c1-7(11(13)12(14)15)9-6-16-10-5-3-2-4-8(9)10/h2-7,11H,13H2,1H3,(H,14,15)/t7-,11+/m1/s1. The second kappa shape index (κ2) is 4.23. The van der Waals surface area contributed by atoms with Crippen LogP contribution in [0.3, 0.4) is 0 Å². The minimum absolute atomic E-state index is 0.173. The SMILES string of the molecule is C[C@H](c1csc2ccccc12)[C@H](N)C(=O)O. The smallest absolute Gasteiger partial charge is 0.321 e. The molecule has 0 fully saturated rings. The number of thiophene rings is 1. The minimum atomic E-state index is -0.956. The predicted molar refractivity (Wildman–Crippen MR) is 65.9 cm³/mol. The van der Waals surface area contributed by atoms with E-state index in [1.54, 1.807) is 11.3 Å². The molecule has 0 aliphatic heterocycles. The van der Waals surface area contributed by atoms with Crippen LogP contribution >= 0.6 is 11.3 Å². The highest BCUT2D eigenvalue weighted by Gasteiger charge is 2.23. The van der Waals surface area contributed by atoms with E-state index in [-0.39, 0.29) is 5.92 Å². The summed E-state index contributed by atoms with van der Waals surface area (Å²) in [6, 6.07) is 7.12. The average Bonchev–Trinajstić information content (AvgIpc) is 2.70. The third-order valence-electron chi connectivity index (χ3n) is 2.83. The fourth-order valence-corrected chi connectivity index (χ4v) is 2.82. The van der Waals surface area contributed by atoms with Crippen molar-refractivity contribution in [2.24, 2.45) is 5.73 Å². The number of benzene rings is 1. The van der Waals surface area contributed by atoms with Crippen LogP contribution in [0.2, 0.25) is 0 Å². The zero-order chi connectivity index (χ0) is 11.7. The van der Waals surface area contributed by atoms with Gasteiger partial charge in [-0.1, -0.05) is 25.1 Å². The van der Waals surface area contributed by atoms with Crippen molar-refractivity contribution >= 4 is 27.4 Å². The lowest BCUT2D eigenvalue weighted by Gasteiger charge is -2.15. The molecule has 0 radical (unpaired) electrons. The van der Waals surface area contributed by atoms with Gasteiger partial charge in [0.25, 0.3) is 0 Å². The normalized spacial score (nSPS) is 14.9. The number of carbonyl (C=O) groups is 1. The number of carboxylic acids is 1. The van der Waals surface area contributed by atoms with Crippen molar-refractivity contribution in [1.82, 2.24) is 0 Å². The van der Waals surface area contributed by atoms with Crippen LogP contribution < -0.4 is 5.73 Å². The molecule has 2 aromatic rings. The summed E-state index contributed by atoms with van der Waals surface area (Å²) in [5.74, 6) is -1.13. The van der Waals surface area contributed by atoms with Gasteiger partial charge in [-0.15, -0.1) is 11.3 Å². The quantitative estimate of drug-likeness (QED) is 0.858. The maximum absolute atomic E-state index is 10.9. The van der Waals surface area contributed by atoms with Gasteiger partial charge in [0.05, 0.1) is 0 Å². The zero-order valence-corrected chi connectivity index (χ0v) is 9.70. The van der Waals surface area contributed by atoms with Crippen LogP contribution in [0, 0.1) is 0 Å². The molecule has 3 N–H and O–H groups in total. The van der Waals surface area contributed by atoms with E-state index in [0.29, 0.717) is 0 Å². The second-order valence-electron chi connectivity index (χ2n) is 3.84. The summed E-state index contributed by atoms with van der Waals surface area (Å²) in [4.78, 5) is 10.9. The first-order valence-electron chi connectivity index (χ1n) is 5.05. The summed E-state index contributed by atoms with van der Waals surface area (Å²) in [6.45, 7) is 1.85. The van der Waals surface area contributed by atoms with Gasteiger partial charge in [0.15, 0.2) is 0 Å². The molecule has 3 nitrogen and oxygen atoms in total. The number of hydrogen-bond acceptors (Lipinski definition) is 3. The maximum atomic E-state index is 10.9. The molecule has 0 amide bonds. The van der Waals surface area contributed by atoms with Gasteiger partial charge in [-0.25, -0.2) is 0 Å². The summed E-state index contributed by atoms with van der Waals surface area (Å²) in [7, 11) is 0. The molecule has 2 rings (SSSR count). The fraction of sp³-hybridized carbons (Fsp3) is 0.250. The highest BCUT2D eigenvalue weighted by molar-refractivity contribution is 7.17. The molecule has 0 saturated heterocycles. The molecule has 0 aliphatic rings. The van der Waals surface area contributed by atoms with E-state index in [1.165, 1.54) is 4.70 Å². The Balaban J connectivity index is 2.44. The number of fused-ring (bicyclic) bond motifs is 1. The zero-order valence-electron chi connectivity index (χ0n) is 8.88. The number of hydrogen-bond donors (Lipinski definition) is 2. The van der Waals surface area contributed by atoms with Gasteiger partial charge in [0.1, 0.15) is 6.04 Å². The van der Waals surface area contributed by atoms with Crippen molar-refractivity contribution in [2.45, 2.75) is 18.9 Å². The molecule has 16 heavy (non-hydrogen) atoms. The van der Waals surface area contributed by atoms with Crippen LogP contribution in [0.15, 0.2) is 29.6 Å². The highest BCUT2D eigenvalue weighted by Crippen LogP contribution is 2.32. The molecule has 4 heteroatoms. The summed E-state index contributed by atoms with van der Waals surface area (Å²) < 4.78 is 1.17. The fourth-order valence-electron chi connectivity index (χ4n) is 1.76. The Morgan fingerprint density at radius 1 is 1.44 bits per heavy atom. The first-order valence-corrected chi connectivity index (χ1v) is 5.93. The van der Waals surface area contributed by atoms with Crippen molar-refractivity contribution in [2.75, 3.05) is 0 Å². The van der Waals surface area contributed by atoms with E-state index in [1.807, 2.05) is 36.6 Å².